The zero-order chi connectivity index (χ0) is 12.3. The summed E-state index contributed by atoms with van der Waals surface area (Å²) in [5.74, 6) is -0.0863. The lowest BCUT2D eigenvalue weighted by Gasteiger charge is -2.32. The Kier molecular flexibility index (Phi) is 3.96. The van der Waals surface area contributed by atoms with Crippen LogP contribution in [-0.2, 0) is 4.79 Å². The van der Waals surface area contributed by atoms with Gasteiger partial charge in [-0.1, -0.05) is 0 Å². The summed E-state index contributed by atoms with van der Waals surface area (Å²) in [5.41, 5.74) is 0. The number of hydrogen-bond acceptors (Lipinski definition) is 4. The van der Waals surface area contributed by atoms with Gasteiger partial charge in [-0.15, -0.1) is 0 Å². The van der Waals surface area contributed by atoms with Crippen molar-refractivity contribution >= 4 is 11.9 Å². The lowest BCUT2D eigenvalue weighted by atomic mass is 10.1. The minimum atomic E-state index is -0.253. The summed E-state index contributed by atoms with van der Waals surface area (Å²) in [6, 6.07) is 0.209. The van der Waals surface area contributed by atoms with Crippen LogP contribution in [0.3, 0.4) is 0 Å². The maximum atomic E-state index is 11.9. The molecule has 96 valence electrons. The Labute approximate surface area is 101 Å². The number of likely N-dealkylation sites (tertiary alicyclic amines) is 1. The van der Waals surface area contributed by atoms with E-state index in [0.717, 1.165) is 25.9 Å². The van der Waals surface area contributed by atoms with Gasteiger partial charge in [0.15, 0.2) is 0 Å². The molecule has 0 saturated carbocycles. The molecule has 0 aromatic heterocycles. The molecule has 3 amide bonds. The Balaban J connectivity index is 1.83. The molecule has 0 spiro atoms. The average molecular weight is 240 g/mol. The van der Waals surface area contributed by atoms with Crippen LogP contribution in [0.5, 0.6) is 0 Å². The minimum Gasteiger partial charge on any atom is -0.336 e. The van der Waals surface area contributed by atoms with Gasteiger partial charge in [-0.25, -0.2) is 4.79 Å². The molecule has 0 aliphatic carbocycles. The smallest absolute Gasteiger partial charge is 0.324 e. The molecule has 1 atom stereocenters. The fourth-order valence-corrected chi connectivity index (χ4v) is 2.42. The predicted octanol–water partition coefficient (Wildman–Crippen LogP) is -0.778. The molecular formula is C11H20N4O2. The number of carbonyl (C=O) groups excluding carboxylic acids is 2. The van der Waals surface area contributed by atoms with Gasteiger partial charge in [0, 0.05) is 25.7 Å². The highest BCUT2D eigenvalue weighted by Gasteiger charge is 2.28. The molecule has 1 unspecified atom stereocenters. The van der Waals surface area contributed by atoms with Crippen LogP contribution >= 0.6 is 0 Å². The normalized spacial score (nSPS) is 26.1. The van der Waals surface area contributed by atoms with Crippen molar-refractivity contribution in [3.05, 3.63) is 0 Å². The van der Waals surface area contributed by atoms with Crippen molar-refractivity contribution in [1.82, 2.24) is 20.4 Å². The van der Waals surface area contributed by atoms with E-state index in [1.165, 1.54) is 4.90 Å². The van der Waals surface area contributed by atoms with E-state index >= 15 is 0 Å². The van der Waals surface area contributed by atoms with Crippen molar-refractivity contribution in [3.63, 3.8) is 0 Å². The molecule has 0 bridgehead atoms. The zero-order valence-corrected chi connectivity index (χ0v) is 10.2. The van der Waals surface area contributed by atoms with Crippen molar-refractivity contribution in [1.29, 1.82) is 0 Å². The third kappa shape index (κ3) is 2.95. The molecular weight excluding hydrogens is 220 g/mol. The van der Waals surface area contributed by atoms with Crippen LogP contribution in [0, 0.1) is 0 Å². The first-order valence-electron chi connectivity index (χ1n) is 6.18. The lowest BCUT2D eigenvalue weighted by Crippen LogP contribution is -2.49. The second-order valence-electron chi connectivity index (χ2n) is 4.64. The highest BCUT2D eigenvalue weighted by molar-refractivity contribution is 5.96. The second-order valence-corrected chi connectivity index (χ2v) is 4.64. The quantitative estimate of drug-likeness (QED) is 0.679. The van der Waals surface area contributed by atoms with Gasteiger partial charge in [0.1, 0.15) is 0 Å². The van der Waals surface area contributed by atoms with Crippen LogP contribution in [0.15, 0.2) is 0 Å². The lowest BCUT2D eigenvalue weighted by molar-refractivity contribution is -0.129. The van der Waals surface area contributed by atoms with Gasteiger partial charge in [0.25, 0.3) is 0 Å². The highest BCUT2D eigenvalue weighted by atomic mass is 16.2. The summed E-state index contributed by atoms with van der Waals surface area (Å²) in [7, 11) is 1.95. The number of carbonyl (C=O) groups is 2. The number of urea groups is 1. The van der Waals surface area contributed by atoms with Crippen LogP contribution in [0.2, 0.25) is 0 Å². The van der Waals surface area contributed by atoms with Crippen LogP contribution in [0.25, 0.3) is 0 Å². The van der Waals surface area contributed by atoms with Gasteiger partial charge >= 0.3 is 6.03 Å². The Morgan fingerprint density at radius 2 is 2.35 bits per heavy atom. The standard InChI is InChI=1S/C11H20N4O2/c1-12-9-3-2-5-14(7-9)8-10(16)15-6-4-13-11(15)17/h9,12H,2-8H2,1H3,(H,13,17). The van der Waals surface area contributed by atoms with E-state index in [9.17, 15) is 9.59 Å². The maximum Gasteiger partial charge on any atom is 0.324 e. The van der Waals surface area contributed by atoms with Crippen molar-refractivity contribution < 1.29 is 9.59 Å². The summed E-state index contributed by atoms with van der Waals surface area (Å²) in [6.07, 6.45) is 2.26. The van der Waals surface area contributed by atoms with Crippen LogP contribution in [0.4, 0.5) is 4.79 Å². The fourth-order valence-electron chi connectivity index (χ4n) is 2.42. The van der Waals surface area contributed by atoms with E-state index < -0.39 is 0 Å². The highest BCUT2D eigenvalue weighted by Crippen LogP contribution is 2.10. The molecule has 2 aliphatic rings. The van der Waals surface area contributed by atoms with E-state index in [4.69, 9.17) is 0 Å². The van der Waals surface area contributed by atoms with E-state index in [0.29, 0.717) is 25.7 Å². The third-order valence-electron chi connectivity index (χ3n) is 3.43. The Bertz CT molecular complexity index is 308. The van der Waals surface area contributed by atoms with Gasteiger partial charge < -0.3 is 10.6 Å². The third-order valence-corrected chi connectivity index (χ3v) is 3.43. The molecule has 2 aliphatic heterocycles. The minimum absolute atomic E-state index is 0.0863. The molecule has 2 heterocycles. The number of hydrogen-bond donors (Lipinski definition) is 2. The van der Waals surface area contributed by atoms with Crippen molar-refractivity contribution in [2.45, 2.75) is 18.9 Å². The Morgan fingerprint density at radius 1 is 1.53 bits per heavy atom. The fraction of sp³-hybridized carbons (Fsp3) is 0.818. The summed E-state index contributed by atoms with van der Waals surface area (Å²) < 4.78 is 0. The van der Waals surface area contributed by atoms with Gasteiger partial charge in [0.2, 0.25) is 5.91 Å². The number of likely N-dealkylation sites (N-methyl/N-ethyl adjacent to an activating group) is 1. The maximum absolute atomic E-state index is 11.9. The van der Waals surface area contributed by atoms with Gasteiger partial charge in [-0.2, -0.15) is 0 Å². The molecule has 2 N–H and O–H groups in total. The number of nitrogens with zero attached hydrogens (tertiary/aromatic N) is 2. The largest absolute Gasteiger partial charge is 0.336 e. The summed E-state index contributed by atoms with van der Waals surface area (Å²) in [6.45, 7) is 3.26. The molecule has 0 aromatic rings. The molecule has 0 aromatic carbocycles. The van der Waals surface area contributed by atoms with Gasteiger partial charge in [-0.3, -0.25) is 14.6 Å². The predicted molar refractivity (Wildman–Crippen MR) is 63.6 cm³/mol. The van der Waals surface area contributed by atoms with Crippen LogP contribution in [-0.4, -0.2) is 67.6 Å². The van der Waals surface area contributed by atoms with Crippen LogP contribution < -0.4 is 10.6 Å². The number of rotatable bonds is 3. The van der Waals surface area contributed by atoms with E-state index in [-0.39, 0.29) is 11.9 Å². The van der Waals surface area contributed by atoms with Crippen LogP contribution in [0.1, 0.15) is 12.8 Å². The first-order valence-corrected chi connectivity index (χ1v) is 6.18. The molecule has 6 heteroatoms. The first-order chi connectivity index (χ1) is 8.20. The number of imide groups is 1. The van der Waals surface area contributed by atoms with E-state index in [2.05, 4.69) is 15.5 Å². The topological polar surface area (TPSA) is 64.7 Å². The average Bonchev–Trinajstić information content (AvgIpc) is 2.76. The van der Waals surface area contributed by atoms with Gasteiger partial charge in [-0.05, 0) is 26.4 Å². The summed E-state index contributed by atoms with van der Waals surface area (Å²) >= 11 is 0. The molecule has 2 rings (SSSR count). The van der Waals surface area contributed by atoms with Crippen molar-refractivity contribution in [2.75, 3.05) is 39.8 Å². The second kappa shape index (κ2) is 5.46. The Hall–Kier alpha value is -1.14. The molecule has 2 saturated heterocycles. The number of piperidine rings is 1. The Morgan fingerprint density at radius 3 is 3.00 bits per heavy atom. The molecule has 0 radical (unpaired) electrons. The van der Waals surface area contributed by atoms with E-state index in [1.54, 1.807) is 0 Å². The molecule has 2 fully saturated rings. The molecule has 17 heavy (non-hydrogen) atoms. The molecule has 6 nitrogen and oxygen atoms in total. The van der Waals surface area contributed by atoms with Crippen molar-refractivity contribution in [2.24, 2.45) is 0 Å². The number of nitrogens with one attached hydrogen (secondary N) is 2. The van der Waals surface area contributed by atoms with Crippen molar-refractivity contribution in [3.8, 4) is 0 Å². The van der Waals surface area contributed by atoms with Gasteiger partial charge in [0.05, 0.1) is 6.54 Å². The summed E-state index contributed by atoms with van der Waals surface area (Å²) in [5, 5.41) is 5.88. The zero-order valence-electron chi connectivity index (χ0n) is 10.2. The van der Waals surface area contributed by atoms with E-state index in [1.807, 2.05) is 7.05 Å². The SMILES string of the molecule is CNC1CCCN(CC(=O)N2CCNC2=O)C1. The first kappa shape index (κ1) is 12.3. The monoisotopic (exact) mass is 240 g/mol. The summed E-state index contributed by atoms with van der Waals surface area (Å²) in [4.78, 5) is 26.7. The number of amides is 3.